The van der Waals surface area contributed by atoms with Crippen molar-refractivity contribution in [1.29, 1.82) is 0 Å². The van der Waals surface area contributed by atoms with Gasteiger partial charge in [0.05, 0.1) is 19.1 Å². The van der Waals surface area contributed by atoms with Crippen molar-refractivity contribution in [2.24, 2.45) is 0 Å². The zero-order valence-corrected chi connectivity index (χ0v) is 12.0. The van der Waals surface area contributed by atoms with Crippen LogP contribution in [0.2, 0.25) is 0 Å². The maximum atomic E-state index is 12.7. The smallest absolute Gasteiger partial charge is 0.230 e. The first-order chi connectivity index (χ1) is 9.77. The Labute approximate surface area is 120 Å². The maximum absolute atomic E-state index is 12.7. The van der Waals surface area contributed by atoms with Gasteiger partial charge in [0.1, 0.15) is 0 Å². The lowest BCUT2D eigenvalue weighted by Gasteiger charge is -2.30. The predicted octanol–water partition coefficient (Wildman–Crippen LogP) is 1.57. The zero-order valence-electron chi connectivity index (χ0n) is 12.0. The van der Waals surface area contributed by atoms with Crippen molar-refractivity contribution in [3.63, 3.8) is 0 Å². The number of fused-ring (bicyclic) bond motifs is 1. The molecule has 1 amide bonds. The Bertz CT molecular complexity index is 447. The molecule has 0 fully saturated rings. The van der Waals surface area contributed by atoms with Gasteiger partial charge < -0.3 is 14.7 Å². The Kier molecular flexibility index (Phi) is 5.56. The van der Waals surface area contributed by atoms with E-state index in [0.29, 0.717) is 19.7 Å². The van der Waals surface area contributed by atoms with Gasteiger partial charge in [-0.3, -0.25) is 4.79 Å². The molecule has 1 aromatic rings. The van der Waals surface area contributed by atoms with Crippen LogP contribution in [0.25, 0.3) is 0 Å². The second kappa shape index (κ2) is 7.41. The molecular formula is C16H23NO3. The normalized spacial score (nSPS) is 17.6. The summed E-state index contributed by atoms with van der Waals surface area (Å²) in [5.41, 5.74) is 2.44. The van der Waals surface area contributed by atoms with Crippen molar-refractivity contribution in [1.82, 2.24) is 4.90 Å². The van der Waals surface area contributed by atoms with E-state index in [1.165, 1.54) is 5.56 Å². The standard InChI is InChI=1S/C16H23NO3/c1-20-12-10-17(9-11-18)16(19)15-8-4-6-13-5-2-3-7-14(13)15/h2-3,5,7,15,18H,4,6,8-12H2,1H3. The molecule has 1 aliphatic rings. The monoisotopic (exact) mass is 277 g/mol. The van der Waals surface area contributed by atoms with Crippen LogP contribution in [0.15, 0.2) is 24.3 Å². The second-order valence-corrected chi connectivity index (χ2v) is 5.19. The highest BCUT2D eigenvalue weighted by Crippen LogP contribution is 2.32. The number of aliphatic hydroxyl groups is 1. The van der Waals surface area contributed by atoms with Gasteiger partial charge in [-0.1, -0.05) is 24.3 Å². The second-order valence-electron chi connectivity index (χ2n) is 5.19. The number of methoxy groups -OCH3 is 1. The van der Waals surface area contributed by atoms with Crippen molar-refractivity contribution in [3.8, 4) is 0 Å². The number of carbonyl (C=O) groups excluding carboxylic acids is 1. The van der Waals surface area contributed by atoms with Crippen LogP contribution in [0.5, 0.6) is 0 Å². The van der Waals surface area contributed by atoms with Gasteiger partial charge in [0.15, 0.2) is 0 Å². The number of carbonyl (C=O) groups is 1. The van der Waals surface area contributed by atoms with Gasteiger partial charge in [0.2, 0.25) is 5.91 Å². The summed E-state index contributed by atoms with van der Waals surface area (Å²) in [6, 6.07) is 8.20. The summed E-state index contributed by atoms with van der Waals surface area (Å²) in [6.07, 6.45) is 2.99. The van der Waals surface area contributed by atoms with Gasteiger partial charge in [-0.15, -0.1) is 0 Å². The molecule has 2 rings (SSSR count). The number of ether oxygens (including phenoxy) is 1. The number of hydrogen-bond donors (Lipinski definition) is 1. The molecule has 110 valence electrons. The van der Waals surface area contributed by atoms with E-state index in [1.54, 1.807) is 12.0 Å². The van der Waals surface area contributed by atoms with Crippen LogP contribution in [0.3, 0.4) is 0 Å². The van der Waals surface area contributed by atoms with Crippen LogP contribution in [0.4, 0.5) is 0 Å². The van der Waals surface area contributed by atoms with Crippen LogP contribution in [0.1, 0.15) is 29.9 Å². The Morgan fingerprint density at radius 1 is 1.40 bits per heavy atom. The minimum absolute atomic E-state index is 0.0101. The molecule has 1 atom stereocenters. The Morgan fingerprint density at radius 2 is 2.20 bits per heavy atom. The molecule has 0 bridgehead atoms. The minimum Gasteiger partial charge on any atom is -0.395 e. The fraction of sp³-hybridized carbons (Fsp3) is 0.562. The Hall–Kier alpha value is -1.39. The van der Waals surface area contributed by atoms with Crippen molar-refractivity contribution in [2.75, 3.05) is 33.4 Å². The average molecular weight is 277 g/mol. The SMILES string of the molecule is COCCN(CCO)C(=O)C1CCCc2ccccc21. The molecule has 0 radical (unpaired) electrons. The third-order valence-electron chi connectivity index (χ3n) is 3.91. The van der Waals surface area contributed by atoms with Gasteiger partial charge in [-0.05, 0) is 30.4 Å². The molecule has 4 nitrogen and oxygen atoms in total. The molecule has 4 heteroatoms. The third kappa shape index (κ3) is 3.38. The van der Waals surface area contributed by atoms with Crippen molar-refractivity contribution < 1.29 is 14.6 Å². The van der Waals surface area contributed by atoms with Crippen LogP contribution < -0.4 is 0 Å². The largest absolute Gasteiger partial charge is 0.395 e. The van der Waals surface area contributed by atoms with E-state index in [1.807, 2.05) is 12.1 Å². The highest BCUT2D eigenvalue weighted by molar-refractivity contribution is 5.84. The molecule has 0 heterocycles. The van der Waals surface area contributed by atoms with E-state index in [0.717, 1.165) is 24.8 Å². The van der Waals surface area contributed by atoms with Crippen molar-refractivity contribution >= 4 is 5.91 Å². The number of aliphatic hydroxyl groups excluding tert-OH is 1. The first kappa shape index (κ1) is 15.0. The molecule has 1 aliphatic carbocycles. The zero-order chi connectivity index (χ0) is 14.4. The van der Waals surface area contributed by atoms with Crippen molar-refractivity contribution in [3.05, 3.63) is 35.4 Å². The van der Waals surface area contributed by atoms with E-state index >= 15 is 0 Å². The topological polar surface area (TPSA) is 49.8 Å². The van der Waals surface area contributed by atoms with Gasteiger partial charge in [0.25, 0.3) is 0 Å². The van der Waals surface area contributed by atoms with Crippen LogP contribution in [0, 0.1) is 0 Å². The number of benzene rings is 1. The van der Waals surface area contributed by atoms with E-state index in [4.69, 9.17) is 9.84 Å². The summed E-state index contributed by atoms with van der Waals surface area (Å²) >= 11 is 0. The van der Waals surface area contributed by atoms with Gasteiger partial charge in [0, 0.05) is 20.2 Å². The average Bonchev–Trinajstić information content (AvgIpc) is 2.50. The molecule has 0 aromatic heterocycles. The molecule has 1 unspecified atom stereocenters. The van der Waals surface area contributed by atoms with Crippen LogP contribution in [-0.2, 0) is 16.0 Å². The summed E-state index contributed by atoms with van der Waals surface area (Å²) in [5.74, 6) is 0.0478. The number of rotatable bonds is 6. The maximum Gasteiger partial charge on any atom is 0.230 e. The lowest BCUT2D eigenvalue weighted by molar-refractivity contribution is -0.134. The number of aryl methyl sites for hydroxylation is 1. The van der Waals surface area contributed by atoms with E-state index < -0.39 is 0 Å². The van der Waals surface area contributed by atoms with Crippen LogP contribution in [-0.4, -0.2) is 49.3 Å². The number of nitrogens with zero attached hydrogens (tertiary/aromatic N) is 1. The minimum atomic E-state index is -0.0663. The summed E-state index contributed by atoms with van der Waals surface area (Å²) in [5, 5.41) is 9.14. The first-order valence-electron chi connectivity index (χ1n) is 7.24. The molecule has 0 spiro atoms. The van der Waals surface area contributed by atoms with Crippen molar-refractivity contribution in [2.45, 2.75) is 25.2 Å². The molecule has 0 aliphatic heterocycles. The predicted molar refractivity (Wildman–Crippen MR) is 77.7 cm³/mol. The summed E-state index contributed by atoms with van der Waals surface area (Å²) < 4.78 is 5.05. The Balaban J connectivity index is 2.15. The molecule has 0 saturated heterocycles. The lowest BCUT2D eigenvalue weighted by atomic mass is 9.82. The molecule has 20 heavy (non-hydrogen) atoms. The fourth-order valence-corrected chi connectivity index (χ4v) is 2.89. The quantitative estimate of drug-likeness (QED) is 0.859. The Morgan fingerprint density at radius 3 is 2.95 bits per heavy atom. The molecular weight excluding hydrogens is 254 g/mol. The van der Waals surface area contributed by atoms with Gasteiger partial charge >= 0.3 is 0 Å². The highest BCUT2D eigenvalue weighted by Gasteiger charge is 2.29. The number of amides is 1. The summed E-state index contributed by atoms with van der Waals surface area (Å²) in [6.45, 7) is 1.40. The highest BCUT2D eigenvalue weighted by atomic mass is 16.5. The number of hydrogen-bond acceptors (Lipinski definition) is 3. The first-order valence-corrected chi connectivity index (χ1v) is 7.24. The van der Waals surface area contributed by atoms with E-state index in [-0.39, 0.29) is 18.4 Å². The van der Waals surface area contributed by atoms with Gasteiger partial charge in [-0.2, -0.15) is 0 Å². The fourth-order valence-electron chi connectivity index (χ4n) is 2.89. The molecule has 1 N–H and O–H groups in total. The van der Waals surface area contributed by atoms with Gasteiger partial charge in [-0.25, -0.2) is 0 Å². The summed E-state index contributed by atoms with van der Waals surface area (Å²) in [7, 11) is 1.62. The summed E-state index contributed by atoms with van der Waals surface area (Å²) in [4.78, 5) is 14.4. The van der Waals surface area contributed by atoms with Crippen LogP contribution >= 0.6 is 0 Å². The molecule has 1 aromatic carbocycles. The lowest BCUT2D eigenvalue weighted by Crippen LogP contribution is -2.40. The van der Waals surface area contributed by atoms with E-state index in [9.17, 15) is 4.79 Å². The third-order valence-corrected chi connectivity index (χ3v) is 3.91. The van der Waals surface area contributed by atoms with E-state index in [2.05, 4.69) is 12.1 Å². The molecule has 0 saturated carbocycles.